The van der Waals surface area contributed by atoms with Crippen LogP contribution in [0.15, 0.2) is 42.0 Å². The fraction of sp³-hybridized carbons (Fsp3) is 0.321. The summed E-state index contributed by atoms with van der Waals surface area (Å²) in [6.45, 7) is 4.77. The molecule has 0 bridgehead atoms. The van der Waals surface area contributed by atoms with Crippen molar-refractivity contribution in [1.82, 2.24) is 29.6 Å². The normalized spacial score (nSPS) is 17.5. The smallest absolute Gasteiger partial charge is 0.407 e. The lowest BCUT2D eigenvalue weighted by atomic mass is 10.1. The van der Waals surface area contributed by atoms with Crippen LogP contribution in [0.25, 0.3) is 43.9 Å². The number of benzene rings is 2. The highest BCUT2D eigenvalue weighted by molar-refractivity contribution is 7.13. The van der Waals surface area contributed by atoms with E-state index in [0.29, 0.717) is 40.3 Å². The number of aromatic nitrogens is 5. The summed E-state index contributed by atoms with van der Waals surface area (Å²) in [6, 6.07) is 7.30. The molecule has 2 aromatic carbocycles. The van der Waals surface area contributed by atoms with Crippen molar-refractivity contribution in [2.24, 2.45) is 7.05 Å². The van der Waals surface area contributed by atoms with Crippen LogP contribution in [0.3, 0.4) is 0 Å². The van der Waals surface area contributed by atoms with Gasteiger partial charge in [-0.15, -0.1) is 11.3 Å². The number of carboxylic acid groups (broad SMARTS) is 1. The largest absolute Gasteiger partial charge is 0.465 e. The molecule has 0 saturated carbocycles. The molecule has 1 amide bonds. The predicted molar refractivity (Wildman–Crippen MR) is 154 cm³/mol. The van der Waals surface area contributed by atoms with Gasteiger partial charge in [0.05, 0.1) is 23.2 Å². The number of hydrogen-bond donors (Lipinski definition) is 1. The van der Waals surface area contributed by atoms with Gasteiger partial charge in [0.25, 0.3) is 0 Å². The number of halogens is 1. The Morgan fingerprint density at radius 2 is 1.98 bits per heavy atom. The van der Waals surface area contributed by atoms with E-state index in [9.17, 15) is 9.90 Å². The third kappa shape index (κ3) is 4.80. The average Bonchev–Trinajstić information content (AvgIpc) is 3.61. The van der Waals surface area contributed by atoms with Crippen molar-refractivity contribution in [1.29, 1.82) is 0 Å². The monoisotopic (exact) mass is 577 g/mol. The maximum Gasteiger partial charge on any atom is 0.407 e. The van der Waals surface area contributed by atoms with Gasteiger partial charge < -0.3 is 19.5 Å². The number of amides is 1. The number of fused-ring (bicyclic) bond motifs is 2. The Hall–Kier alpha value is -4.36. The van der Waals surface area contributed by atoms with Gasteiger partial charge in [-0.1, -0.05) is 0 Å². The maximum absolute atomic E-state index is 15.7. The van der Waals surface area contributed by atoms with Crippen molar-refractivity contribution >= 4 is 44.9 Å². The SMILES string of the molecule is COCOc1c(-c2nc(-c3nccs3)c3cc(N4C[C@@H](C)N(C(=O)O)[C@@H](C)C4)ccc3n2)cc2cn(C)nc2c1F. The summed E-state index contributed by atoms with van der Waals surface area (Å²) in [7, 11) is 3.19. The highest BCUT2D eigenvalue weighted by Gasteiger charge is 2.33. The molecule has 1 aliphatic rings. The van der Waals surface area contributed by atoms with Gasteiger partial charge in [-0.2, -0.15) is 5.10 Å². The molecule has 4 heterocycles. The van der Waals surface area contributed by atoms with E-state index >= 15 is 4.39 Å². The third-order valence-electron chi connectivity index (χ3n) is 7.19. The van der Waals surface area contributed by atoms with Crippen LogP contribution in [0.2, 0.25) is 0 Å². The van der Waals surface area contributed by atoms with E-state index in [4.69, 9.17) is 19.4 Å². The fourth-order valence-corrected chi connectivity index (χ4v) is 6.14. The third-order valence-corrected chi connectivity index (χ3v) is 7.97. The van der Waals surface area contributed by atoms with Crippen LogP contribution < -0.4 is 9.64 Å². The molecule has 0 aliphatic carbocycles. The number of aryl methyl sites for hydroxylation is 1. The number of thiazole rings is 1. The average molecular weight is 578 g/mol. The van der Waals surface area contributed by atoms with Gasteiger partial charge in [-0.3, -0.25) is 9.58 Å². The zero-order chi connectivity index (χ0) is 28.8. The van der Waals surface area contributed by atoms with Crippen molar-refractivity contribution < 1.29 is 23.8 Å². The molecule has 11 nitrogen and oxygen atoms in total. The zero-order valence-corrected chi connectivity index (χ0v) is 23.7. The summed E-state index contributed by atoms with van der Waals surface area (Å²) in [4.78, 5) is 29.7. The standard InChI is InChI=1S/C28H28FN7O4S/c1-15-11-35(12-16(2)36(15)28(37)38)18-5-6-21-19(10-18)24(27-30-7-8-41-27)32-26(31-21)20-9-17-13-34(3)33-23(17)22(29)25(20)40-14-39-4/h5-10,13,15-16H,11-12,14H2,1-4H3,(H,37,38)/t15-,16+. The summed E-state index contributed by atoms with van der Waals surface area (Å²) >= 11 is 1.44. The second-order valence-corrected chi connectivity index (χ2v) is 11.0. The first-order valence-corrected chi connectivity index (χ1v) is 13.9. The number of carbonyl (C=O) groups is 1. The van der Waals surface area contributed by atoms with Crippen LogP contribution in [-0.2, 0) is 11.8 Å². The molecule has 0 unspecified atom stereocenters. The molecule has 41 heavy (non-hydrogen) atoms. The number of rotatable bonds is 6. The Bertz CT molecular complexity index is 1750. The van der Waals surface area contributed by atoms with Crippen LogP contribution in [0.1, 0.15) is 13.8 Å². The minimum atomic E-state index is -0.912. The van der Waals surface area contributed by atoms with Gasteiger partial charge in [-0.25, -0.2) is 24.1 Å². The second kappa shape index (κ2) is 10.6. The topological polar surface area (TPSA) is 119 Å². The Balaban J connectivity index is 1.50. The van der Waals surface area contributed by atoms with Gasteiger partial charge in [0, 0.05) is 61.5 Å². The van der Waals surface area contributed by atoms with Crippen molar-refractivity contribution in [2.75, 3.05) is 31.9 Å². The summed E-state index contributed by atoms with van der Waals surface area (Å²) in [6.07, 6.45) is 2.52. The highest BCUT2D eigenvalue weighted by atomic mass is 32.1. The quantitative estimate of drug-likeness (QED) is 0.278. The molecule has 6 rings (SSSR count). The molecule has 5 aromatic rings. The van der Waals surface area contributed by atoms with Crippen molar-refractivity contribution in [3.8, 4) is 27.8 Å². The first-order chi connectivity index (χ1) is 19.7. The van der Waals surface area contributed by atoms with E-state index in [2.05, 4.69) is 15.0 Å². The van der Waals surface area contributed by atoms with E-state index in [1.54, 1.807) is 30.2 Å². The molecule has 0 radical (unpaired) electrons. The van der Waals surface area contributed by atoms with Crippen LogP contribution in [0.5, 0.6) is 5.75 Å². The van der Waals surface area contributed by atoms with Gasteiger partial charge in [0.1, 0.15) is 16.2 Å². The fourth-order valence-electron chi connectivity index (χ4n) is 5.50. The highest BCUT2D eigenvalue weighted by Crippen LogP contribution is 2.39. The molecule has 0 spiro atoms. The lowest BCUT2D eigenvalue weighted by Gasteiger charge is -2.44. The minimum Gasteiger partial charge on any atom is -0.465 e. The number of methoxy groups -OCH3 is 1. The van der Waals surface area contributed by atoms with E-state index in [1.807, 2.05) is 37.4 Å². The van der Waals surface area contributed by atoms with Crippen molar-refractivity contribution in [3.63, 3.8) is 0 Å². The lowest BCUT2D eigenvalue weighted by molar-refractivity contribution is 0.0489. The lowest BCUT2D eigenvalue weighted by Crippen LogP contribution is -2.58. The second-order valence-electron chi connectivity index (χ2n) is 10.1. The number of nitrogens with zero attached hydrogens (tertiary/aromatic N) is 7. The molecular weight excluding hydrogens is 549 g/mol. The zero-order valence-electron chi connectivity index (χ0n) is 22.9. The number of hydrogen-bond acceptors (Lipinski definition) is 9. The van der Waals surface area contributed by atoms with Crippen LogP contribution in [0, 0.1) is 5.82 Å². The predicted octanol–water partition coefficient (Wildman–Crippen LogP) is 5.01. The molecule has 212 valence electrons. The number of ether oxygens (including phenoxy) is 2. The van der Waals surface area contributed by atoms with Gasteiger partial charge in [0.2, 0.25) is 0 Å². The first kappa shape index (κ1) is 26.8. The van der Waals surface area contributed by atoms with E-state index in [0.717, 1.165) is 11.1 Å². The van der Waals surface area contributed by atoms with Crippen LogP contribution in [0.4, 0.5) is 14.9 Å². The Kier molecular flexibility index (Phi) is 6.91. The van der Waals surface area contributed by atoms with Crippen molar-refractivity contribution in [2.45, 2.75) is 25.9 Å². The summed E-state index contributed by atoms with van der Waals surface area (Å²) in [5.41, 5.74) is 2.74. The molecule has 2 atom stereocenters. The molecule has 1 fully saturated rings. The molecule has 13 heteroatoms. The van der Waals surface area contributed by atoms with E-state index < -0.39 is 11.9 Å². The Morgan fingerprint density at radius 3 is 2.66 bits per heavy atom. The first-order valence-electron chi connectivity index (χ1n) is 13.0. The Labute approximate surface area is 238 Å². The number of anilines is 1. The molecular formula is C28H28FN7O4S. The van der Waals surface area contributed by atoms with E-state index in [1.165, 1.54) is 23.3 Å². The van der Waals surface area contributed by atoms with Crippen molar-refractivity contribution in [3.05, 3.63) is 47.9 Å². The van der Waals surface area contributed by atoms with Crippen LogP contribution in [-0.4, -0.2) is 79.9 Å². The molecule has 1 N–H and O–H groups in total. The van der Waals surface area contributed by atoms with E-state index in [-0.39, 0.29) is 36.0 Å². The minimum absolute atomic E-state index is 0.0432. The van der Waals surface area contributed by atoms with Crippen LogP contribution >= 0.6 is 11.3 Å². The summed E-state index contributed by atoms with van der Waals surface area (Å²) in [5.74, 6) is -0.379. The molecule has 1 aliphatic heterocycles. The summed E-state index contributed by atoms with van der Waals surface area (Å²) in [5, 5.41) is 17.8. The number of piperazine rings is 1. The van der Waals surface area contributed by atoms with Gasteiger partial charge >= 0.3 is 6.09 Å². The summed E-state index contributed by atoms with van der Waals surface area (Å²) < 4.78 is 28.0. The van der Waals surface area contributed by atoms with Gasteiger partial charge in [0.15, 0.2) is 24.2 Å². The Morgan fingerprint density at radius 1 is 1.20 bits per heavy atom. The molecule has 1 saturated heterocycles. The van der Waals surface area contributed by atoms with Gasteiger partial charge in [-0.05, 0) is 38.1 Å². The maximum atomic E-state index is 15.7. The molecule has 3 aromatic heterocycles.